The molecule has 0 aromatic carbocycles. The smallest absolute Gasteiger partial charge is 0.253 e. The largest absolute Gasteiger partial charge is 0.390 e. The SMILES string of the molecule is CCn1c(C)cc(C(=O)N[C@@H]2CCN(Cc3cscn3)C[C@H]2O)c1C. The predicted molar refractivity (Wildman–Crippen MR) is 98.8 cm³/mol. The Kier molecular flexibility index (Phi) is 5.56. The summed E-state index contributed by atoms with van der Waals surface area (Å²) in [4.78, 5) is 19.1. The molecule has 1 fully saturated rings. The number of hydrogen-bond acceptors (Lipinski definition) is 5. The Morgan fingerprint density at radius 2 is 2.28 bits per heavy atom. The van der Waals surface area contributed by atoms with Crippen molar-refractivity contribution < 1.29 is 9.90 Å². The third kappa shape index (κ3) is 3.94. The number of aliphatic hydroxyl groups is 1. The van der Waals surface area contributed by atoms with Crippen LogP contribution in [0.25, 0.3) is 0 Å². The molecule has 0 radical (unpaired) electrons. The fourth-order valence-corrected chi connectivity index (χ4v) is 4.17. The van der Waals surface area contributed by atoms with Gasteiger partial charge in [-0.15, -0.1) is 11.3 Å². The second kappa shape index (κ2) is 7.68. The quantitative estimate of drug-likeness (QED) is 0.853. The van der Waals surface area contributed by atoms with E-state index in [9.17, 15) is 9.90 Å². The topological polar surface area (TPSA) is 70.4 Å². The van der Waals surface area contributed by atoms with Gasteiger partial charge in [-0.3, -0.25) is 9.69 Å². The highest BCUT2D eigenvalue weighted by Crippen LogP contribution is 2.18. The molecular formula is C18H26N4O2S. The van der Waals surface area contributed by atoms with Gasteiger partial charge in [0.15, 0.2) is 0 Å². The Morgan fingerprint density at radius 3 is 2.88 bits per heavy atom. The summed E-state index contributed by atoms with van der Waals surface area (Å²) in [6.45, 7) is 9.05. The molecule has 1 aliphatic rings. The molecule has 2 aromatic rings. The van der Waals surface area contributed by atoms with Crippen molar-refractivity contribution in [2.75, 3.05) is 13.1 Å². The number of nitrogens with one attached hydrogen (secondary N) is 1. The molecule has 0 unspecified atom stereocenters. The highest BCUT2D eigenvalue weighted by molar-refractivity contribution is 7.07. The van der Waals surface area contributed by atoms with E-state index < -0.39 is 6.10 Å². The summed E-state index contributed by atoms with van der Waals surface area (Å²) in [5.74, 6) is -0.0928. The average molecular weight is 362 g/mol. The number of carbonyl (C=O) groups is 1. The van der Waals surface area contributed by atoms with Crippen molar-refractivity contribution in [3.8, 4) is 0 Å². The molecule has 0 spiro atoms. The molecule has 25 heavy (non-hydrogen) atoms. The number of piperidine rings is 1. The van der Waals surface area contributed by atoms with Crippen molar-refractivity contribution in [3.63, 3.8) is 0 Å². The molecule has 2 N–H and O–H groups in total. The highest BCUT2D eigenvalue weighted by atomic mass is 32.1. The number of aliphatic hydroxyl groups excluding tert-OH is 1. The number of nitrogens with zero attached hydrogens (tertiary/aromatic N) is 3. The third-order valence-corrected chi connectivity index (χ3v) is 5.62. The second-order valence-corrected chi connectivity index (χ2v) is 7.40. The molecule has 1 amide bonds. The van der Waals surface area contributed by atoms with Crippen molar-refractivity contribution in [2.45, 2.75) is 52.4 Å². The molecule has 3 heterocycles. The summed E-state index contributed by atoms with van der Waals surface area (Å²) in [5, 5.41) is 15.5. The van der Waals surface area contributed by atoms with Crippen LogP contribution in [0.5, 0.6) is 0 Å². The summed E-state index contributed by atoms with van der Waals surface area (Å²) < 4.78 is 2.13. The first-order chi connectivity index (χ1) is 12.0. The summed E-state index contributed by atoms with van der Waals surface area (Å²) in [5.41, 5.74) is 5.63. The van der Waals surface area contributed by atoms with Crippen LogP contribution in [0.3, 0.4) is 0 Å². The van der Waals surface area contributed by atoms with Crippen LogP contribution < -0.4 is 5.32 Å². The van der Waals surface area contributed by atoms with Gasteiger partial charge in [-0.05, 0) is 33.3 Å². The maximum absolute atomic E-state index is 12.6. The zero-order chi connectivity index (χ0) is 18.0. The van der Waals surface area contributed by atoms with Crippen LogP contribution >= 0.6 is 11.3 Å². The molecular weight excluding hydrogens is 336 g/mol. The lowest BCUT2D eigenvalue weighted by molar-refractivity contribution is 0.0346. The highest BCUT2D eigenvalue weighted by Gasteiger charge is 2.30. The van der Waals surface area contributed by atoms with Crippen molar-refractivity contribution >= 4 is 17.2 Å². The Balaban J connectivity index is 1.59. The number of aromatic nitrogens is 2. The van der Waals surface area contributed by atoms with Crippen LogP contribution in [0.4, 0.5) is 0 Å². The van der Waals surface area contributed by atoms with Gasteiger partial charge >= 0.3 is 0 Å². The standard InChI is InChI=1S/C18H26N4O2S/c1-4-22-12(2)7-15(13(22)3)18(24)20-16-5-6-21(9-17(16)23)8-14-10-25-11-19-14/h7,10-11,16-17,23H,4-6,8-9H2,1-3H3,(H,20,24)/t16-,17-/m1/s1. The summed E-state index contributed by atoms with van der Waals surface area (Å²) >= 11 is 1.58. The van der Waals surface area contributed by atoms with Crippen LogP contribution in [0, 0.1) is 13.8 Å². The van der Waals surface area contributed by atoms with Crippen molar-refractivity contribution in [2.24, 2.45) is 0 Å². The van der Waals surface area contributed by atoms with E-state index in [0.29, 0.717) is 12.1 Å². The zero-order valence-corrected chi connectivity index (χ0v) is 15.8. The average Bonchev–Trinajstić information content (AvgIpc) is 3.18. The second-order valence-electron chi connectivity index (χ2n) is 6.68. The minimum atomic E-state index is -0.564. The van der Waals surface area contributed by atoms with Gasteiger partial charge in [0.1, 0.15) is 0 Å². The van der Waals surface area contributed by atoms with E-state index in [1.807, 2.05) is 30.8 Å². The van der Waals surface area contributed by atoms with Crippen LogP contribution in [0.1, 0.15) is 40.8 Å². The van der Waals surface area contributed by atoms with E-state index in [0.717, 1.165) is 43.1 Å². The molecule has 2 aromatic heterocycles. The fourth-order valence-electron chi connectivity index (χ4n) is 3.62. The number of hydrogen-bond donors (Lipinski definition) is 2. The molecule has 2 atom stereocenters. The molecule has 136 valence electrons. The van der Waals surface area contributed by atoms with E-state index in [2.05, 4.69) is 26.7 Å². The van der Waals surface area contributed by atoms with Crippen LogP contribution in [0.2, 0.25) is 0 Å². The van der Waals surface area contributed by atoms with Gasteiger partial charge in [-0.2, -0.15) is 0 Å². The maximum atomic E-state index is 12.6. The summed E-state index contributed by atoms with van der Waals surface area (Å²) in [7, 11) is 0. The van der Waals surface area contributed by atoms with Crippen molar-refractivity contribution in [1.82, 2.24) is 19.8 Å². The van der Waals surface area contributed by atoms with Crippen LogP contribution in [0.15, 0.2) is 17.0 Å². The van der Waals surface area contributed by atoms with Crippen molar-refractivity contribution in [3.05, 3.63) is 39.6 Å². The molecule has 6 nitrogen and oxygen atoms in total. The van der Waals surface area contributed by atoms with E-state index in [-0.39, 0.29) is 11.9 Å². The van der Waals surface area contributed by atoms with Gasteiger partial charge in [0.05, 0.1) is 28.9 Å². The molecule has 7 heteroatoms. The molecule has 0 bridgehead atoms. The van der Waals surface area contributed by atoms with Gasteiger partial charge in [0.25, 0.3) is 5.91 Å². The minimum absolute atomic E-state index is 0.0928. The normalized spacial score (nSPS) is 21.4. The molecule has 1 saturated heterocycles. The first-order valence-electron chi connectivity index (χ1n) is 8.74. The Hall–Kier alpha value is -1.70. The molecule has 1 aliphatic heterocycles. The van der Waals surface area contributed by atoms with E-state index in [1.165, 1.54) is 0 Å². The zero-order valence-electron chi connectivity index (χ0n) is 15.0. The van der Waals surface area contributed by atoms with Gasteiger partial charge in [-0.25, -0.2) is 4.98 Å². The Morgan fingerprint density at radius 1 is 1.48 bits per heavy atom. The van der Waals surface area contributed by atoms with E-state index in [4.69, 9.17) is 0 Å². The third-order valence-electron chi connectivity index (χ3n) is 4.99. The van der Waals surface area contributed by atoms with E-state index >= 15 is 0 Å². The first kappa shape index (κ1) is 18.1. The molecule has 3 rings (SSSR count). The Labute approximate surface area is 152 Å². The fraction of sp³-hybridized carbons (Fsp3) is 0.556. The summed E-state index contributed by atoms with van der Waals surface area (Å²) in [6, 6.07) is 1.72. The van der Waals surface area contributed by atoms with Crippen molar-refractivity contribution in [1.29, 1.82) is 0 Å². The van der Waals surface area contributed by atoms with Crippen LogP contribution in [-0.2, 0) is 13.1 Å². The number of carbonyl (C=O) groups excluding carboxylic acids is 1. The van der Waals surface area contributed by atoms with Gasteiger partial charge in [0.2, 0.25) is 0 Å². The molecule has 0 saturated carbocycles. The van der Waals surface area contributed by atoms with Gasteiger partial charge in [0, 0.05) is 42.9 Å². The lowest BCUT2D eigenvalue weighted by atomic mass is 10.0. The predicted octanol–water partition coefficient (Wildman–Crippen LogP) is 1.95. The van der Waals surface area contributed by atoms with Gasteiger partial charge < -0.3 is 15.0 Å². The summed E-state index contributed by atoms with van der Waals surface area (Å²) in [6.07, 6.45) is 0.176. The van der Waals surface area contributed by atoms with Gasteiger partial charge in [-0.1, -0.05) is 0 Å². The number of likely N-dealkylation sites (tertiary alicyclic amines) is 1. The lowest BCUT2D eigenvalue weighted by Gasteiger charge is -2.35. The molecule has 0 aliphatic carbocycles. The number of rotatable bonds is 5. The Bertz CT molecular complexity index is 726. The number of amides is 1. The van der Waals surface area contributed by atoms with E-state index in [1.54, 1.807) is 11.3 Å². The first-order valence-corrected chi connectivity index (χ1v) is 9.69. The number of thiazole rings is 1. The lowest BCUT2D eigenvalue weighted by Crippen LogP contribution is -2.53. The minimum Gasteiger partial charge on any atom is -0.390 e. The maximum Gasteiger partial charge on any atom is 0.253 e. The van der Waals surface area contributed by atoms with Crippen LogP contribution in [-0.4, -0.2) is 50.7 Å². The number of aryl methyl sites for hydroxylation is 1. The number of β-amino-alcohol motifs (C(OH)–C–C–N with tert-alkyl or cyclic N) is 1. The monoisotopic (exact) mass is 362 g/mol.